The highest BCUT2D eigenvalue weighted by Crippen LogP contribution is 2.30. The van der Waals surface area contributed by atoms with E-state index in [4.69, 9.17) is 23.2 Å². The molecule has 0 atom stereocenters. The van der Waals surface area contributed by atoms with Crippen molar-refractivity contribution in [2.24, 2.45) is 0 Å². The number of benzene rings is 1. The largest absolute Gasteiger partial charge is 0.465 e. The Bertz CT molecular complexity index is 715. The van der Waals surface area contributed by atoms with Crippen LogP contribution in [0.4, 0.5) is 0 Å². The van der Waals surface area contributed by atoms with Crippen LogP contribution in [0.1, 0.15) is 20.8 Å². The number of fused-ring (bicyclic) bond motifs is 1. The van der Waals surface area contributed by atoms with E-state index >= 15 is 0 Å². The molecule has 0 saturated carbocycles. The summed E-state index contributed by atoms with van der Waals surface area (Å²) in [5.41, 5.74) is 0.407. The number of rotatable bonds is 2. The van der Waals surface area contributed by atoms with Crippen LogP contribution in [0.15, 0.2) is 18.2 Å². The fourth-order valence-corrected chi connectivity index (χ4v) is 2.35. The Morgan fingerprint density at radius 2 is 1.70 bits per heavy atom. The zero-order valence-corrected chi connectivity index (χ0v) is 12.1. The Morgan fingerprint density at radius 1 is 1.05 bits per heavy atom. The van der Waals surface area contributed by atoms with Crippen molar-refractivity contribution < 1.29 is 19.1 Å². The molecule has 0 spiro atoms. The first-order valence-corrected chi connectivity index (χ1v) is 6.20. The molecule has 1 aromatic carbocycles. The van der Waals surface area contributed by atoms with Crippen molar-refractivity contribution in [3.05, 3.63) is 39.5 Å². The normalized spacial score (nSPS) is 10.4. The predicted molar refractivity (Wildman–Crippen MR) is 74.4 cm³/mol. The van der Waals surface area contributed by atoms with E-state index in [1.54, 1.807) is 0 Å². The van der Waals surface area contributed by atoms with Gasteiger partial charge in [0, 0.05) is 10.4 Å². The third kappa shape index (κ3) is 2.55. The molecule has 2 rings (SSSR count). The van der Waals surface area contributed by atoms with E-state index in [1.165, 1.54) is 32.4 Å². The highest BCUT2D eigenvalue weighted by atomic mass is 35.5. The highest BCUT2D eigenvalue weighted by Gasteiger charge is 2.19. The SMILES string of the molecule is COC(=O)c1cc(C(=O)OC)c2c(Cl)cc(Cl)cc2n1. The Hall–Kier alpha value is -1.85. The zero-order valence-electron chi connectivity index (χ0n) is 10.6. The lowest BCUT2D eigenvalue weighted by Gasteiger charge is -2.09. The molecule has 0 saturated heterocycles. The van der Waals surface area contributed by atoms with Gasteiger partial charge < -0.3 is 9.47 Å². The summed E-state index contributed by atoms with van der Waals surface area (Å²) in [6.45, 7) is 0. The number of hydrogen-bond donors (Lipinski definition) is 0. The predicted octanol–water partition coefficient (Wildman–Crippen LogP) is 3.11. The summed E-state index contributed by atoms with van der Waals surface area (Å²) in [5.74, 6) is -1.31. The van der Waals surface area contributed by atoms with Gasteiger partial charge in [0.1, 0.15) is 5.69 Å². The number of pyridine rings is 1. The number of nitrogens with zero attached hydrogens (tertiary/aromatic N) is 1. The van der Waals surface area contributed by atoms with E-state index in [2.05, 4.69) is 14.5 Å². The molecule has 0 fully saturated rings. The maximum atomic E-state index is 11.8. The Balaban J connectivity index is 2.85. The summed E-state index contributed by atoms with van der Waals surface area (Å²) in [6, 6.07) is 4.26. The lowest BCUT2D eigenvalue weighted by atomic mass is 10.1. The number of ether oxygens (including phenoxy) is 2. The second kappa shape index (κ2) is 5.64. The lowest BCUT2D eigenvalue weighted by Crippen LogP contribution is -2.10. The van der Waals surface area contributed by atoms with Gasteiger partial charge in [-0.2, -0.15) is 0 Å². The highest BCUT2D eigenvalue weighted by molar-refractivity contribution is 6.39. The van der Waals surface area contributed by atoms with Crippen LogP contribution in [0, 0.1) is 0 Å². The molecular weight excluding hydrogens is 305 g/mol. The first-order chi connectivity index (χ1) is 9.47. The van der Waals surface area contributed by atoms with Crippen LogP contribution in [0.5, 0.6) is 0 Å². The van der Waals surface area contributed by atoms with Gasteiger partial charge in [0.05, 0.1) is 30.3 Å². The second-order valence-electron chi connectivity index (χ2n) is 3.82. The van der Waals surface area contributed by atoms with Gasteiger partial charge in [0.2, 0.25) is 0 Å². The average molecular weight is 314 g/mol. The molecular formula is C13H9Cl2NO4. The van der Waals surface area contributed by atoms with Gasteiger partial charge in [-0.3, -0.25) is 0 Å². The molecule has 0 aliphatic rings. The van der Waals surface area contributed by atoms with E-state index in [-0.39, 0.29) is 16.3 Å². The van der Waals surface area contributed by atoms with Crippen molar-refractivity contribution in [1.82, 2.24) is 4.98 Å². The van der Waals surface area contributed by atoms with Gasteiger partial charge in [-0.05, 0) is 18.2 Å². The van der Waals surface area contributed by atoms with Crippen molar-refractivity contribution in [1.29, 1.82) is 0 Å². The molecule has 0 aliphatic heterocycles. The Morgan fingerprint density at radius 3 is 2.30 bits per heavy atom. The first-order valence-electron chi connectivity index (χ1n) is 5.44. The number of hydrogen-bond acceptors (Lipinski definition) is 5. The van der Waals surface area contributed by atoms with Crippen molar-refractivity contribution in [3.8, 4) is 0 Å². The second-order valence-corrected chi connectivity index (χ2v) is 4.66. The van der Waals surface area contributed by atoms with Crippen LogP contribution in [-0.4, -0.2) is 31.1 Å². The smallest absolute Gasteiger partial charge is 0.356 e. The first kappa shape index (κ1) is 14.6. The van der Waals surface area contributed by atoms with Crippen molar-refractivity contribution in [3.63, 3.8) is 0 Å². The fraction of sp³-hybridized carbons (Fsp3) is 0.154. The van der Waals surface area contributed by atoms with Crippen LogP contribution >= 0.6 is 23.2 Å². The minimum Gasteiger partial charge on any atom is -0.465 e. The summed E-state index contributed by atoms with van der Waals surface area (Å²) in [6.07, 6.45) is 0. The average Bonchev–Trinajstić information content (AvgIpc) is 2.43. The summed E-state index contributed by atoms with van der Waals surface area (Å²) >= 11 is 12.0. The topological polar surface area (TPSA) is 65.5 Å². The number of carbonyl (C=O) groups excluding carboxylic acids is 2. The standard InChI is InChI=1S/C13H9Cl2NO4/c1-19-12(17)7-5-10(13(18)20-2)16-9-4-6(14)3-8(15)11(7)9/h3-5H,1-2H3. The molecule has 0 radical (unpaired) electrons. The number of aromatic nitrogens is 1. The Labute approximate surface area is 124 Å². The maximum absolute atomic E-state index is 11.8. The van der Waals surface area contributed by atoms with Crippen molar-refractivity contribution in [2.45, 2.75) is 0 Å². The number of methoxy groups -OCH3 is 2. The van der Waals surface area contributed by atoms with Crippen LogP contribution in [0.3, 0.4) is 0 Å². The number of esters is 2. The van der Waals surface area contributed by atoms with Crippen molar-refractivity contribution >= 4 is 46.0 Å². The van der Waals surface area contributed by atoms with Gasteiger partial charge in [0.15, 0.2) is 0 Å². The van der Waals surface area contributed by atoms with E-state index in [9.17, 15) is 9.59 Å². The summed E-state index contributed by atoms with van der Waals surface area (Å²) in [4.78, 5) is 27.5. The quantitative estimate of drug-likeness (QED) is 0.797. The number of carbonyl (C=O) groups is 2. The summed E-state index contributed by atoms with van der Waals surface area (Å²) < 4.78 is 9.28. The van der Waals surface area contributed by atoms with E-state index in [0.717, 1.165) is 0 Å². The zero-order chi connectivity index (χ0) is 14.9. The lowest BCUT2D eigenvalue weighted by molar-refractivity contribution is 0.0594. The molecule has 5 nitrogen and oxygen atoms in total. The molecule has 1 aromatic heterocycles. The molecule has 0 unspecified atom stereocenters. The van der Waals surface area contributed by atoms with Crippen LogP contribution in [-0.2, 0) is 9.47 Å². The molecule has 2 aromatic rings. The van der Waals surface area contributed by atoms with E-state index < -0.39 is 11.9 Å². The van der Waals surface area contributed by atoms with Crippen LogP contribution < -0.4 is 0 Å². The monoisotopic (exact) mass is 313 g/mol. The summed E-state index contributed by atoms with van der Waals surface area (Å²) in [7, 11) is 2.45. The third-order valence-corrected chi connectivity index (χ3v) is 3.14. The van der Waals surface area contributed by atoms with Gasteiger partial charge in [-0.25, -0.2) is 14.6 Å². The van der Waals surface area contributed by atoms with Crippen LogP contribution in [0.2, 0.25) is 10.0 Å². The Kier molecular flexibility index (Phi) is 4.11. The third-order valence-electron chi connectivity index (χ3n) is 2.63. The minimum absolute atomic E-state index is 0.0290. The maximum Gasteiger partial charge on any atom is 0.356 e. The van der Waals surface area contributed by atoms with Crippen molar-refractivity contribution in [2.75, 3.05) is 14.2 Å². The fourth-order valence-electron chi connectivity index (χ4n) is 1.77. The molecule has 20 heavy (non-hydrogen) atoms. The minimum atomic E-state index is -0.673. The van der Waals surface area contributed by atoms with Gasteiger partial charge >= 0.3 is 11.9 Å². The van der Waals surface area contributed by atoms with Gasteiger partial charge in [-0.15, -0.1) is 0 Å². The number of halogens is 2. The molecule has 104 valence electrons. The van der Waals surface area contributed by atoms with E-state index in [0.29, 0.717) is 15.9 Å². The molecule has 0 bridgehead atoms. The van der Waals surface area contributed by atoms with Gasteiger partial charge in [-0.1, -0.05) is 23.2 Å². The molecule has 0 N–H and O–H groups in total. The summed E-state index contributed by atoms with van der Waals surface area (Å²) in [5, 5.41) is 0.959. The molecule has 7 heteroatoms. The van der Waals surface area contributed by atoms with Gasteiger partial charge in [0.25, 0.3) is 0 Å². The molecule has 0 amide bonds. The van der Waals surface area contributed by atoms with E-state index in [1.807, 2.05) is 0 Å². The molecule has 1 heterocycles. The van der Waals surface area contributed by atoms with Crippen LogP contribution in [0.25, 0.3) is 10.9 Å². The molecule has 0 aliphatic carbocycles.